The summed E-state index contributed by atoms with van der Waals surface area (Å²) in [7, 11) is -1.52. The fraction of sp³-hybridized carbons (Fsp3) is 0.818. The van der Waals surface area contributed by atoms with Crippen LogP contribution >= 0.6 is 0 Å². The topological polar surface area (TPSA) is 0 Å². The second-order valence-electron chi connectivity index (χ2n) is 7.93. The molecule has 0 aromatic carbocycles. The van der Waals surface area contributed by atoms with Crippen LogP contribution < -0.4 is 0 Å². The van der Waals surface area contributed by atoms with Gasteiger partial charge >= 0.3 is 0 Å². The average molecular weight is 335 g/mol. The van der Waals surface area contributed by atoms with Crippen molar-refractivity contribution in [1.29, 1.82) is 0 Å². The van der Waals surface area contributed by atoms with Crippen LogP contribution in [-0.4, -0.2) is 8.07 Å². The molecule has 0 aromatic heterocycles. The van der Waals surface area contributed by atoms with E-state index in [1.165, 1.54) is 44.9 Å². The number of allylic oxidation sites excluding steroid dienone is 2. The minimum Gasteiger partial charge on any atom is -0.130 e. The fourth-order valence-corrected chi connectivity index (χ4v) is 9.21. The van der Waals surface area contributed by atoms with Gasteiger partial charge in [0.05, 0.1) is 0 Å². The predicted octanol–water partition coefficient (Wildman–Crippen LogP) is 7.90. The zero-order valence-corrected chi connectivity index (χ0v) is 18.0. The molecule has 134 valence electrons. The van der Waals surface area contributed by atoms with Crippen molar-refractivity contribution in [2.75, 3.05) is 0 Å². The zero-order valence-electron chi connectivity index (χ0n) is 17.0. The van der Waals surface area contributed by atoms with Crippen LogP contribution in [0.5, 0.6) is 0 Å². The molecule has 1 heteroatoms. The molecule has 0 saturated carbocycles. The standard InChI is InChI=1S/C22H42Si/c1-8-9-10-11-12-13-14-15-16-17-18-19-23(20(2)3,21(4)5)22(6)7/h15-16,20-22H,8-14,17H2,1-7H3/b16-15-. The maximum Gasteiger partial charge on any atom is 0.145 e. The van der Waals surface area contributed by atoms with E-state index in [1.807, 2.05) is 0 Å². The minimum atomic E-state index is -1.52. The number of rotatable bonds is 11. The monoisotopic (exact) mass is 334 g/mol. The Bertz CT molecular complexity index is 343. The van der Waals surface area contributed by atoms with Crippen LogP contribution in [0.25, 0.3) is 0 Å². The Hall–Kier alpha value is -0.483. The van der Waals surface area contributed by atoms with Crippen LogP contribution in [0, 0.1) is 11.5 Å². The number of hydrogen-bond donors (Lipinski definition) is 0. The van der Waals surface area contributed by atoms with Gasteiger partial charge in [-0.2, -0.15) is 0 Å². The molecule has 0 spiro atoms. The molecule has 0 aliphatic heterocycles. The summed E-state index contributed by atoms with van der Waals surface area (Å²) in [6.45, 7) is 16.6. The maximum atomic E-state index is 3.79. The van der Waals surface area contributed by atoms with E-state index >= 15 is 0 Å². The highest BCUT2D eigenvalue weighted by molar-refractivity contribution is 6.90. The third-order valence-corrected chi connectivity index (χ3v) is 11.6. The highest BCUT2D eigenvalue weighted by atomic mass is 28.3. The van der Waals surface area contributed by atoms with E-state index in [0.29, 0.717) is 0 Å². The maximum absolute atomic E-state index is 3.79. The van der Waals surface area contributed by atoms with Crippen LogP contribution in [0.3, 0.4) is 0 Å². The lowest BCUT2D eigenvalue weighted by molar-refractivity contribution is 0.611. The summed E-state index contributed by atoms with van der Waals surface area (Å²) in [6.07, 6.45) is 15.1. The summed E-state index contributed by atoms with van der Waals surface area (Å²) >= 11 is 0. The Labute approximate surface area is 148 Å². The molecular formula is C22H42Si. The molecule has 0 amide bonds. The molecule has 0 nitrogen and oxygen atoms in total. The predicted molar refractivity (Wildman–Crippen MR) is 111 cm³/mol. The Morgan fingerprint density at radius 1 is 0.739 bits per heavy atom. The molecule has 0 radical (unpaired) electrons. The third-order valence-electron chi connectivity index (χ3n) is 5.28. The molecular weight excluding hydrogens is 292 g/mol. The van der Waals surface area contributed by atoms with Gasteiger partial charge in [-0.05, 0) is 29.5 Å². The molecule has 23 heavy (non-hydrogen) atoms. The zero-order chi connectivity index (χ0) is 17.7. The van der Waals surface area contributed by atoms with Crippen molar-refractivity contribution < 1.29 is 0 Å². The first-order valence-electron chi connectivity index (χ1n) is 10.0. The molecule has 0 aliphatic carbocycles. The average Bonchev–Trinajstić information content (AvgIpc) is 2.47. The van der Waals surface area contributed by atoms with Crippen LogP contribution in [0.2, 0.25) is 16.6 Å². The van der Waals surface area contributed by atoms with Gasteiger partial charge in [0.25, 0.3) is 0 Å². The SMILES string of the molecule is CCCCCCCC/C=C\CC#C[Si](C(C)C)(C(C)C)C(C)C. The molecule has 0 saturated heterocycles. The molecule has 0 fully saturated rings. The number of unbranched alkanes of at least 4 members (excludes halogenated alkanes) is 6. The lowest BCUT2D eigenvalue weighted by Gasteiger charge is -2.38. The minimum absolute atomic E-state index is 0.738. The van der Waals surface area contributed by atoms with Crippen molar-refractivity contribution in [3.8, 4) is 11.5 Å². The van der Waals surface area contributed by atoms with Crippen molar-refractivity contribution in [3.63, 3.8) is 0 Å². The summed E-state index contributed by atoms with van der Waals surface area (Å²) in [5.41, 5.74) is 6.01. The number of hydrogen-bond acceptors (Lipinski definition) is 0. The van der Waals surface area contributed by atoms with E-state index in [-0.39, 0.29) is 0 Å². The van der Waals surface area contributed by atoms with Crippen LogP contribution in [-0.2, 0) is 0 Å². The van der Waals surface area contributed by atoms with E-state index in [1.54, 1.807) is 0 Å². The Morgan fingerprint density at radius 3 is 1.78 bits per heavy atom. The first-order chi connectivity index (χ1) is 10.9. The molecule has 0 N–H and O–H groups in total. The summed E-state index contributed by atoms with van der Waals surface area (Å²) < 4.78 is 0. The van der Waals surface area contributed by atoms with Crippen molar-refractivity contribution in [2.24, 2.45) is 0 Å². The van der Waals surface area contributed by atoms with Gasteiger partial charge in [-0.15, -0.1) is 11.5 Å². The molecule has 0 unspecified atom stereocenters. The molecule has 0 atom stereocenters. The van der Waals surface area contributed by atoms with Crippen molar-refractivity contribution in [2.45, 2.75) is 116 Å². The first kappa shape index (κ1) is 22.5. The second kappa shape index (κ2) is 12.9. The highest BCUT2D eigenvalue weighted by Crippen LogP contribution is 2.40. The molecule has 0 rings (SSSR count). The van der Waals surface area contributed by atoms with Gasteiger partial charge in [0.2, 0.25) is 0 Å². The first-order valence-corrected chi connectivity index (χ1v) is 12.3. The van der Waals surface area contributed by atoms with E-state index in [2.05, 4.69) is 72.1 Å². The van der Waals surface area contributed by atoms with Gasteiger partial charge in [-0.3, -0.25) is 0 Å². The smallest absolute Gasteiger partial charge is 0.130 e. The Balaban J connectivity index is 4.24. The van der Waals surface area contributed by atoms with Crippen LogP contribution in [0.15, 0.2) is 12.2 Å². The molecule has 0 heterocycles. The summed E-state index contributed by atoms with van der Waals surface area (Å²) in [5, 5.41) is 0. The molecule has 0 aromatic rings. The van der Waals surface area contributed by atoms with Gasteiger partial charge in [0, 0.05) is 6.42 Å². The molecule has 0 aliphatic rings. The van der Waals surface area contributed by atoms with Gasteiger partial charge in [-0.1, -0.05) is 92.7 Å². The largest absolute Gasteiger partial charge is 0.145 e. The summed E-state index contributed by atoms with van der Waals surface area (Å²) in [6, 6.07) is 0. The van der Waals surface area contributed by atoms with E-state index in [0.717, 1.165) is 23.0 Å². The van der Waals surface area contributed by atoms with Gasteiger partial charge in [0.1, 0.15) is 8.07 Å². The van der Waals surface area contributed by atoms with Crippen molar-refractivity contribution >= 4 is 8.07 Å². The lowest BCUT2D eigenvalue weighted by Crippen LogP contribution is -2.43. The van der Waals surface area contributed by atoms with Gasteiger partial charge in [0.15, 0.2) is 0 Å². The Kier molecular flexibility index (Phi) is 12.6. The van der Waals surface area contributed by atoms with Gasteiger partial charge in [-0.25, -0.2) is 0 Å². The van der Waals surface area contributed by atoms with Crippen molar-refractivity contribution in [1.82, 2.24) is 0 Å². The van der Waals surface area contributed by atoms with Crippen LogP contribution in [0.1, 0.15) is 99.8 Å². The third kappa shape index (κ3) is 8.25. The lowest BCUT2D eigenvalue weighted by atomic mass is 10.1. The second-order valence-corrected chi connectivity index (χ2v) is 13.5. The Morgan fingerprint density at radius 2 is 1.26 bits per heavy atom. The quantitative estimate of drug-likeness (QED) is 0.156. The highest BCUT2D eigenvalue weighted by Gasteiger charge is 2.41. The fourth-order valence-electron chi connectivity index (χ4n) is 3.94. The van der Waals surface area contributed by atoms with Crippen LogP contribution in [0.4, 0.5) is 0 Å². The normalized spacial score (nSPS) is 12.4. The summed E-state index contributed by atoms with van der Waals surface area (Å²) in [5.74, 6) is 3.51. The van der Waals surface area contributed by atoms with E-state index < -0.39 is 8.07 Å². The van der Waals surface area contributed by atoms with E-state index in [4.69, 9.17) is 0 Å². The van der Waals surface area contributed by atoms with Crippen molar-refractivity contribution in [3.05, 3.63) is 12.2 Å². The molecule has 0 bridgehead atoms. The van der Waals surface area contributed by atoms with Gasteiger partial charge < -0.3 is 0 Å². The van der Waals surface area contributed by atoms with E-state index in [9.17, 15) is 0 Å². The summed E-state index contributed by atoms with van der Waals surface area (Å²) in [4.78, 5) is 0.